The van der Waals surface area contributed by atoms with Gasteiger partial charge in [-0.3, -0.25) is 9.59 Å². The first-order valence-electron chi connectivity index (χ1n) is 7.52. The fourth-order valence-corrected chi connectivity index (χ4v) is 3.58. The third kappa shape index (κ3) is 2.40. The van der Waals surface area contributed by atoms with Crippen molar-refractivity contribution in [2.24, 2.45) is 5.92 Å². The largest absolute Gasteiger partial charge is 0.342 e. The number of hydrogen-bond donors (Lipinski definition) is 0. The van der Waals surface area contributed by atoms with Gasteiger partial charge in [-0.15, -0.1) is 0 Å². The highest BCUT2D eigenvalue weighted by molar-refractivity contribution is 5.84. The first-order chi connectivity index (χ1) is 9.27. The van der Waals surface area contributed by atoms with Crippen LogP contribution in [0.15, 0.2) is 12.2 Å². The van der Waals surface area contributed by atoms with E-state index in [1.54, 1.807) is 0 Å². The lowest BCUT2D eigenvalue weighted by atomic mass is 9.91. The molecule has 0 bridgehead atoms. The molecule has 3 aliphatic heterocycles. The summed E-state index contributed by atoms with van der Waals surface area (Å²) in [5, 5.41) is 0. The lowest BCUT2D eigenvalue weighted by Crippen LogP contribution is -2.49. The maximum absolute atomic E-state index is 12.7. The molecule has 3 rings (SSSR count). The van der Waals surface area contributed by atoms with Crippen LogP contribution in [0.25, 0.3) is 0 Å². The molecule has 0 aromatic carbocycles. The molecular weight excluding hydrogens is 240 g/mol. The SMILES string of the molecule is O=C([C@H]1CCCCN2C(=O)CC=C[C@H]12)N1CCCC1. The first kappa shape index (κ1) is 12.7. The predicted molar refractivity (Wildman–Crippen MR) is 72.4 cm³/mol. The molecule has 0 unspecified atom stereocenters. The highest BCUT2D eigenvalue weighted by atomic mass is 16.2. The summed E-state index contributed by atoms with van der Waals surface area (Å²) in [6.07, 6.45) is 9.79. The molecule has 0 aromatic rings. The topological polar surface area (TPSA) is 40.6 Å². The summed E-state index contributed by atoms with van der Waals surface area (Å²) in [6.45, 7) is 2.62. The normalized spacial score (nSPS) is 31.3. The number of fused-ring (bicyclic) bond motifs is 1. The Labute approximate surface area is 114 Å². The molecule has 0 N–H and O–H groups in total. The van der Waals surface area contributed by atoms with E-state index in [1.165, 1.54) is 0 Å². The highest BCUT2D eigenvalue weighted by Crippen LogP contribution is 2.29. The van der Waals surface area contributed by atoms with E-state index in [1.807, 2.05) is 15.9 Å². The van der Waals surface area contributed by atoms with Crippen LogP contribution in [0.1, 0.15) is 38.5 Å². The number of nitrogens with zero attached hydrogens (tertiary/aromatic N) is 2. The van der Waals surface area contributed by atoms with Crippen molar-refractivity contribution >= 4 is 11.8 Å². The third-order valence-electron chi connectivity index (χ3n) is 4.62. The standard InChI is InChI=1S/C15H22N2O2/c18-14-8-5-7-13-12(6-1-2-11-17(13)14)15(19)16-9-3-4-10-16/h5,7,12-13H,1-4,6,8-11H2/t12-,13+/m0/s1. The van der Waals surface area contributed by atoms with Crippen molar-refractivity contribution in [3.63, 3.8) is 0 Å². The Morgan fingerprint density at radius 3 is 2.63 bits per heavy atom. The van der Waals surface area contributed by atoms with Gasteiger partial charge in [-0.05, 0) is 25.7 Å². The van der Waals surface area contributed by atoms with Crippen LogP contribution >= 0.6 is 0 Å². The average Bonchev–Trinajstić information content (AvgIpc) is 2.85. The zero-order valence-corrected chi connectivity index (χ0v) is 11.4. The van der Waals surface area contributed by atoms with Gasteiger partial charge in [0.25, 0.3) is 0 Å². The van der Waals surface area contributed by atoms with Gasteiger partial charge in [0.05, 0.1) is 12.0 Å². The van der Waals surface area contributed by atoms with E-state index < -0.39 is 0 Å². The Kier molecular flexibility index (Phi) is 3.58. The van der Waals surface area contributed by atoms with Crippen molar-refractivity contribution in [3.8, 4) is 0 Å². The van der Waals surface area contributed by atoms with Crippen molar-refractivity contribution in [1.29, 1.82) is 0 Å². The lowest BCUT2D eigenvalue weighted by Gasteiger charge is -2.36. The zero-order chi connectivity index (χ0) is 13.2. The summed E-state index contributed by atoms with van der Waals surface area (Å²) < 4.78 is 0. The maximum Gasteiger partial charge on any atom is 0.228 e. The Balaban J connectivity index is 1.81. The van der Waals surface area contributed by atoms with Crippen LogP contribution in [0.3, 0.4) is 0 Å². The molecule has 2 amide bonds. The van der Waals surface area contributed by atoms with Gasteiger partial charge in [-0.25, -0.2) is 0 Å². The second-order valence-electron chi connectivity index (χ2n) is 5.84. The zero-order valence-electron chi connectivity index (χ0n) is 11.4. The minimum atomic E-state index is -0.0129. The number of amides is 2. The molecule has 2 fully saturated rings. The molecule has 2 atom stereocenters. The Hall–Kier alpha value is -1.32. The van der Waals surface area contributed by atoms with Gasteiger partial charge >= 0.3 is 0 Å². The summed E-state index contributed by atoms with van der Waals surface area (Å²) in [6, 6.07) is 0.0110. The fraction of sp³-hybridized carbons (Fsp3) is 0.733. The van der Waals surface area contributed by atoms with Crippen molar-refractivity contribution in [2.45, 2.75) is 44.6 Å². The van der Waals surface area contributed by atoms with Gasteiger partial charge in [0.1, 0.15) is 0 Å². The van der Waals surface area contributed by atoms with Crippen LogP contribution in [-0.4, -0.2) is 47.3 Å². The molecule has 19 heavy (non-hydrogen) atoms. The summed E-state index contributed by atoms with van der Waals surface area (Å²) in [5.41, 5.74) is 0. The Morgan fingerprint density at radius 1 is 1.11 bits per heavy atom. The smallest absolute Gasteiger partial charge is 0.228 e. The molecule has 0 radical (unpaired) electrons. The summed E-state index contributed by atoms with van der Waals surface area (Å²) >= 11 is 0. The molecular formula is C15H22N2O2. The third-order valence-corrected chi connectivity index (χ3v) is 4.62. The Morgan fingerprint density at radius 2 is 1.84 bits per heavy atom. The van der Waals surface area contributed by atoms with Crippen LogP contribution in [0, 0.1) is 5.92 Å². The minimum Gasteiger partial charge on any atom is -0.342 e. The number of hydrogen-bond acceptors (Lipinski definition) is 2. The molecule has 0 aliphatic carbocycles. The van der Waals surface area contributed by atoms with Crippen LogP contribution in [0.4, 0.5) is 0 Å². The van der Waals surface area contributed by atoms with Crippen molar-refractivity contribution < 1.29 is 9.59 Å². The predicted octanol–water partition coefficient (Wildman–Crippen LogP) is 1.57. The van der Waals surface area contributed by atoms with Gasteiger partial charge < -0.3 is 9.80 Å². The summed E-state index contributed by atoms with van der Waals surface area (Å²) in [4.78, 5) is 28.6. The van der Waals surface area contributed by atoms with Crippen LogP contribution in [0.2, 0.25) is 0 Å². The summed E-state index contributed by atoms with van der Waals surface area (Å²) in [5.74, 6) is 0.448. The number of carbonyl (C=O) groups is 2. The van der Waals surface area contributed by atoms with Gasteiger partial charge in [0.15, 0.2) is 0 Å². The molecule has 0 saturated carbocycles. The van der Waals surface area contributed by atoms with Crippen LogP contribution < -0.4 is 0 Å². The van der Waals surface area contributed by atoms with Crippen LogP contribution in [-0.2, 0) is 9.59 Å². The van der Waals surface area contributed by atoms with Crippen LogP contribution in [0.5, 0.6) is 0 Å². The number of carbonyl (C=O) groups excluding carboxylic acids is 2. The molecule has 3 heterocycles. The highest BCUT2D eigenvalue weighted by Gasteiger charge is 2.38. The molecule has 2 saturated heterocycles. The van der Waals surface area contributed by atoms with Gasteiger partial charge in [0, 0.05) is 26.1 Å². The van der Waals surface area contributed by atoms with Gasteiger partial charge in [-0.1, -0.05) is 18.6 Å². The van der Waals surface area contributed by atoms with E-state index in [4.69, 9.17) is 0 Å². The van der Waals surface area contributed by atoms with E-state index in [-0.39, 0.29) is 23.8 Å². The molecule has 0 spiro atoms. The van der Waals surface area contributed by atoms with Crippen molar-refractivity contribution in [1.82, 2.24) is 9.80 Å². The van der Waals surface area contributed by atoms with E-state index in [9.17, 15) is 9.59 Å². The van der Waals surface area contributed by atoms with Gasteiger partial charge in [-0.2, -0.15) is 0 Å². The van der Waals surface area contributed by atoms with Crippen molar-refractivity contribution in [2.75, 3.05) is 19.6 Å². The van der Waals surface area contributed by atoms with E-state index in [2.05, 4.69) is 6.08 Å². The maximum atomic E-state index is 12.7. The lowest BCUT2D eigenvalue weighted by molar-refractivity contribution is -0.139. The Bertz CT molecular complexity index is 399. The van der Waals surface area contributed by atoms with Crippen molar-refractivity contribution in [3.05, 3.63) is 12.2 Å². The molecule has 104 valence electrons. The van der Waals surface area contributed by atoms with E-state index in [0.717, 1.165) is 51.7 Å². The molecule has 4 heteroatoms. The van der Waals surface area contributed by atoms with E-state index >= 15 is 0 Å². The second-order valence-corrected chi connectivity index (χ2v) is 5.84. The molecule has 4 nitrogen and oxygen atoms in total. The quantitative estimate of drug-likeness (QED) is 0.673. The molecule has 3 aliphatic rings. The second kappa shape index (κ2) is 5.35. The first-order valence-corrected chi connectivity index (χ1v) is 7.52. The molecule has 0 aromatic heterocycles. The van der Waals surface area contributed by atoms with Gasteiger partial charge in [0.2, 0.25) is 11.8 Å². The average molecular weight is 262 g/mol. The number of rotatable bonds is 1. The fourth-order valence-electron chi connectivity index (χ4n) is 3.58. The minimum absolute atomic E-state index is 0.0110. The monoisotopic (exact) mass is 262 g/mol. The van der Waals surface area contributed by atoms with E-state index in [0.29, 0.717) is 6.42 Å². The number of likely N-dealkylation sites (tertiary alicyclic amines) is 1. The summed E-state index contributed by atoms with van der Waals surface area (Å²) in [7, 11) is 0.